The summed E-state index contributed by atoms with van der Waals surface area (Å²) < 4.78 is 11.4. The lowest BCUT2D eigenvalue weighted by atomic mass is 9.87. The second-order valence-corrected chi connectivity index (χ2v) is 7.54. The third kappa shape index (κ3) is 4.21. The van der Waals surface area contributed by atoms with E-state index in [4.69, 9.17) is 9.47 Å². The van der Waals surface area contributed by atoms with Gasteiger partial charge in [0.15, 0.2) is 0 Å². The highest BCUT2D eigenvalue weighted by Crippen LogP contribution is 2.34. The number of carbonyl (C=O) groups is 1. The van der Waals surface area contributed by atoms with Crippen LogP contribution in [0, 0.1) is 0 Å². The van der Waals surface area contributed by atoms with Crippen LogP contribution in [0.3, 0.4) is 0 Å². The Morgan fingerprint density at radius 1 is 1.11 bits per heavy atom. The first-order chi connectivity index (χ1) is 13.7. The van der Waals surface area contributed by atoms with Crippen molar-refractivity contribution >= 4 is 5.91 Å². The van der Waals surface area contributed by atoms with Crippen LogP contribution < -0.4 is 5.32 Å². The molecule has 5 nitrogen and oxygen atoms in total. The van der Waals surface area contributed by atoms with Crippen LogP contribution in [0.4, 0.5) is 0 Å². The van der Waals surface area contributed by atoms with Gasteiger partial charge in [-0.2, -0.15) is 0 Å². The van der Waals surface area contributed by atoms with Gasteiger partial charge in [0.25, 0.3) is 5.91 Å². The van der Waals surface area contributed by atoms with E-state index < -0.39 is 0 Å². The second kappa shape index (κ2) is 8.76. The Hall–Kier alpha value is -2.37. The summed E-state index contributed by atoms with van der Waals surface area (Å²) in [6.07, 6.45) is 4.67. The molecule has 1 aliphatic heterocycles. The smallest absolute Gasteiger partial charge is 0.252 e. The average molecular weight is 381 g/mol. The van der Waals surface area contributed by atoms with Gasteiger partial charge in [-0.05, 0) is 60.9 Å². The van der Waals surface area contributed by atoms with E-state index in [-0.39, 0.29) is 18.1 Å². The van der Waals surface area contributed by atoms with Gasteiger partial charge < -0.3 is 19.9 Å². The summed E-state index contributed by atoms with van der Waals surface area (Å²) in [7, 11) is 0. The van der Waals surface area contributed by atoms with Crippen molar-refractivity contribution in [2.45, 2.75) is 50.9 Å². The summed E-state index contributed by atoms with van der Waals surface area (Å²) in [5.74, 6) is 0.231. The summed E-state index contributed by atoms with van der Waals surface area (Å²) in [5.41, 5.74) is 3.53. The van der Waals surface area contributed by atoms with Gasteiger partial charge in [0.2, 0.25) is 0 Å². The van der Waals surface area contributed by atoms with Crippen molar-refractivity contribution in [3.8, 4) is 5.75 Å². The minimum atomic E-state index is -0.0904. The monoisotopic (exact) mass is 381 g/mol. The van der Waals surface area contributed by atoms with E-state index in [1.54, 1.807) is 6.07 Å². The number of ether oxygens (including phenoxy) is 2. The molecule has 0 saturated carbocycles. The third-order valence-electron chi connectivity index (χ3n) is 5.69. The van der Waals surface area contributed by atoms with Crippen LogP contribution in [-0.4, -0.2) is 30.3 Å². The van der Waals surface area contributed by atoms with Gasteiger partial charge in [0.05, 0.1) is 18.8 Å². The molecule has 1 atom stereocenters. The summed E-state index contributed by atoms with van der Waals surface area (Å²) >= 11 is 0. The number of fused-ring (bicyclic) bond motifs is 1. The summed E-state index contributed by atoms with van der Waals surface area (Å²) in [5, 5.41) is 13.3. The van der Waals surface area contributed by atoms with Gasteiger partial charge >= 0.3 is 0 Å². The molecule has 0 spiro atoms. The molecule has 1 saturated heterocycles. The number of amides is 1. The first-order valence-corrected chi connectivity index (χ1v) is 10.1. The Balaban J connectivity index is 1.46. The molecule has 0 unspecified atom stereocenters. The van der Waals surface area contributed by atoms with Gasteiger partial charge in [-0.1, -0.05) is 30.3 Å². The van der Waals surface area contributed by atoms with Crippen molar-refractivity contribution in [2.24, 2.45) is 0 Å². The van der Waals surface area contributed by atoms with E-state index in [1.165, 1.54) is 0 Å². The molecule has 5 heteroatoms. The van der Waals surface area contributed by atoms with Gasteiger partial charge in [0, 0.05) is 18.8 Å². The Labute approximate surface area is 165 Å². The van der Waals surface area contributed by atoms with E-state index >= 15 is 0 Å². The number of benzene rings is 2. The van der Waals surface area contributed by atoms with Crippen LogP contribution in [0.2, 0.25) is 0 Å². The van der Waals surface area contributed by atoms with Gasteiger partial charge in [-0.3, -0.25) is 4.79 Å². The van der Waals surface area contributed by atoms with Crippen LogP contribution in [0.1, 0.15) is 58.8 Å². The molecule has 1 fully saturated rings. The zero-order valence-corrected chi connectivity index (χ0v) is 16.0. The minimum absolute atomic E-state index is 0.0761. The van der Waals surface area contributed by atoms with Gasteiger partial charge in [0.1, 0.15) is 5.75 Å². The fourth-order valence-electron chi connectivity index (χ4n) is 4.13. The Kier molecular flexibility index (Phi) is 5.93. The fourth-order valence-corrected chi connectivity index (χ4v) is 4.13. The number of carbonyl (C=O) groups excluding carboxylic acids is 1. The Morgan fingerprint density at radius 2 is 1.93 bits per heavy atom. The lowest BCUT2D eigenvalue weighted by molar-refractivity contribution is -0.0392. The van der Waals surface area contributed by atoms with E-state index in [0.29, 0.717) is 17.9 Å². The van der Waals surface area contributed by atoms with Crippen molar-refractivity contribution in [3.63, 3.8) is 0 Å². The van der Waals surface area contributed by atoms with Crippen molar-refractivity contribution in [3.05, 3.63) is 64.7 Å². The molecule has 2 aromatic rings. The molecule has 2 N–H and O–H groups in total. The van der Waals surface area contributed by atoms with E-state index in [9.17, 15) is 9.90 Å². The highest BCUT2D eigenvalue weighted by Gasteiger charge is 2.25. The molecule has 0 bridgehead atoms. The minimum Gasteiger partial charge on any atom is -0.508 e. The predicted octanol–water partition coefficient (Wildman–Crippen LogP) is 3.90. The largest absolute Gasteiger partial charge is 0.508 e. The maximum atomic E-state index is 13.0. The molecular formula is C23H27NO4. The lowest BCUT2D eigenvalue weighted by Gasteiger charge is -2.27. The topological polar surface area (TPSA) is 67.8 Å². The number of hydrogen-bond acceptors (Lipinski definition) is 4. The summed E-state index contributed by atoms with van der Waals surface area (Å²) in [4.78, 5) is 13.0. The molecule has 0 radical (unpaired) electrons. The number of phenols is 1. The fraction of sp³-hybridized carbons (Fsp3) is 0.435. The van der Waals surface area contributed by atoms with Gasteiger partial charge in [-0.25, -0.2) is 0 Å². The van der Waals surface area contributed by atoms with Crippen molar-refractivity contribution in [2.75, 3.05) is 13.2 Å². The maximum Gasteiger partial charge on any atom is 0.252 e. The summed E-state index contributed by atoms with van der Waals surface area (Å²) in [6, 6.07) is 13.1. The molecule has 0 aromatic heterocycles. The molecule has 2 aliphatic rings. The Bertz CT molecular complexity index is 829. The maximum absolute atomic E-state index is 13.0. The molecule has 148 valence electrons. The van der Waals surface area contributed by atoms with Crippen LogP contribution in [0.25, 0.3) is 0 Å². The normalized spacial score (nSPS) is 19.8. The molecular weight excluding hydrogens is 354 g/mol. The molecule has 4 rings (SSSR count). The lowest BCUT2D eigenvalue weighted by Crippen LogP contribution is -2.32. The molecule has 2 aromatic carbocycles. The van der Waals surface area contributed by atoms with Gasteiger partial charge in [-0.15, -0.1) is 0 Å². The highest BCUT2D eigenvalue weighted by atomic mass is 16.5. The quantitative estimate of drug-likeness (QED) is 0.824. The molecule has 1 amide bonds. The van der Waals surface area contributed by atoms with Crippen LogP contribution in [-0.2, 0) is 22.5 Å². The zero-order valence-electron chi connectivity index (χ0n) is 16.0. The number of rotatable bonds is 5. The Morgan fingerprint density at radius 3 is 2.79 bits per heavy atom. The number of nitrogens with one attached hydrogen (secondary N) is 1. The standard InChI is InChI=1S/C23H27NO4/c25-22-10-4-7-19-20(22)8-3-9-21(19)24-23(26)18-6-2-1-5-16(18)15-28-17-11-13-27-14-12-17/h1-2,4-7,10,17,21,25H,3,8-9,11-15H2,(H,24,26)/t21-/m1/s1. The second-order valence-electron chi connectivity index (χ2n) is 7.54. The number of hydrogen-bond donors (Lipinski definition) is 2. The van der Waals surface area contributed by atoms with Crippen molar-refractivity contribution < 1.29 is 19.4 Å². The van der Waals surface area contributed by atoms with Crippen molar-refractivity contribution in [1.29, 1.82) is 0 Å². The molecule has 1 aliphatic carbocycles. The van der Waals surface area contributed by atoms with E-state index in [0.717, 1.165) is 62.0 Å². The van der Waals surface area contributed by atoms with Crippen LogP contribution in [0.5, 0.6) is 5.75 Å². The van der Waals surface area contributed by atoms with E-state index in [2.05, 4.69) is 5.32 Å². The zero-order chi connectivity index (χ0) is 19.3. The molecule has 28 heavy (non-hydrogen) atoms. The van der Waals surface area contributed by atoms with Crippen molar-refractivity contribution in [1.82, 2.24) is 5.32 Å². The highest BCUT2D eigenvalue weighted by molar-refractivity contribution is 5.96. The van der Waals surface area contributed by atoms with Crippen LogP contribution >= 0.6 is 0 Å². The van der Waals surface area contributed by atoms with Crippen LogP contribution in [0.15, 0.2) is 42.5 Å². The molecule has 1 heterocycles. The first-order valence-electron chi connectivity index (χ1n) is 10.1. The average Bonchev–Trinajstić information content (AvgIpc) is 2.74. The SMILES string of the molecule is O=C(N[C@@H]1CCCc2c(O)cccc21)c1ccccc1COC1CCOCC1. The number of phenolic OH excluding ortho intramolecular Hbond substituents is 1. The van der Waals surface area contributed by atoms with E-state index in [1.807, 2.05) is 36.4 Å². The predicted molar refractivity (Wildman–Crippen MR) is 106 cm³/mol. The third-order valence-corrected chi connectivity index (χ3v) is 5.69. The first kappa shape index (κ1) is 19.0. The summed E-state index contributed by atoms with van der Waals surface area (Å²) in [6.45, 7) is 1.90. The number of aromatic hydroxyl groups is 1.